The van der Waals surface area contributed by atoms with Crippen molar-refractivity contribution in [3.8, 4) is 11.5 Å². The molecule has 3 amide bonds. The van der Waals surface area contributed by atoms with E-state index in [2.05, 4.69) is 15.7 Å². The molecule has 2 heterocycles. The first-order chi connectivity index (χ1) is 15.3. The zero-order valence-corrected chi connectivity index (χ0v) is 18.2. The van der Waals surface area contributed by atoms with Crippen LogP contribution < -0.4 is 19.7 Å². The lowest BCUT2D eigenvalue weighted by Gasteiger charge is -2.21. The van der Waals surface area contributed by atoms with Crippen molar-refractivity contribution in [2.75, 3.05) is 31.0 Å². The van der Waals surface area contributed by atoms with Gasteiger partial charge >= 0.3 is 0 Å². The molecule has 0 spiro atoms. The zero-order valence-electron chi connectivity index (χ0n) is 18.2. The van der Waals surface area contributed by atoms with Gasteiger partial charge in [0.1, 0.15) is 6.54 Å². The molecule has 4 rings (SSSR count). The van der Waals surface area contributed by atoms with E-state index in [1.54, 1.807) is 24.3 Å². The number of carbonyl (C=O) groups is 3. The molecule has 0 aromatic heterocycles. The normalized spacial score (nSPS) is 19.4. The van der Waals surface area contributed by atoms with E-state index in [4.69, 9.17) is 9.47 Å². The molecule has 2 aliphatic rings. The van der Waals surface area contributed by atoms with Gasteiger partial charge in [0.15, 0.2) is 23.6 Å². The fourth-order valence-corrected chi connectivity index (χ4v) is 3.80. The first-order valence-corrected chi connectivity index (χ1v) is 9.99. The number of nitrogens with zero attached hydrogens (tertiary/aromatic N) is 4. The predicted octanol–water partition coefficient (Wildman–Crippen LogP) is 2.25. The van der Waals surface area contributed by atoms with E-state index >= 15 is 0 Å². The van der Waals surface area contributed by atoms with Crippen molar-refractivity contribution in [1.82, 2.24) is 5.01 Å². The van der Waals surface area contributed by atoms with Crippen LogP contribution in [0.3, 0.4) is 0 Å². The van der Waals surface area contributed by atoms with Crippen LogP contribution in [0.1, 0.15) is 11.1 Å². The summed E-state index contributed by atoms with van der Waals surface area (Å²) in [4.78, 5) is 39.7. The van der Waals surface area contributed by atoms with Gasteiger partial charge in [0, 0.05) is 11.8 Å². The average Bonchev–Trinajstić information content (AvgIpc) is 3.30. The van der Waals surface area contributed by atoms with E-state index in [-0.39, 0.29) is 12.5 Å². The van der Waals surface area contributed by atoms with Crippen LogP contribution in [0.4, 0.5) is 11.4 Å². The van der Waals surface area contributed by atoms with Gasteiger partial charge in [0.25, 0.3) is 11.8 Å². The number of imide groups is 1. The van der Waals surface area contributed by atoms with E-state index in [1.165, 1.54) is 19.2 Å². The fraction of sp³-hybridized carbons (Fsp3) is 0.318. The molecule has 1 saturated heterocycles. The minimum Gasteiger partial charge on any atom is -0.493 e. The summed E-state index contributed by atoms with van der Waals surface area (Å²) in [5.41, 5.74) is 3.02. The largest absolute Gasteiger partial charge is 0.493 e. The number of aryl methyl sites for hydroxylation is 1. The van der Waals surface area contributed by atoms with Crippen molar-refractivity contribution < 1.29 is 23.9 Å². The van der Waals surface area contributed by atoms with E-state index in [0.717, 1.165) is 16.0 Å². The van der Waals surface area contributed by atoms with Crippen LogP contribution in [0.5, 0.6) is 11.5 Å². The molecule has 1 N–H and O–H groups in total. The Kier molecular flexibility index (Phi) is 5.52. The Morgan fingerprint density at radius 1 is 1.06 bits per heavy atom. The van der Waals surface area contributed by atoms with Gasteiger partial charge in [-0.3, -0.25) is 19.4 Å². The second kappa shape index (κ2) is 8.29. The smallest absolute Gasteiger partial charge is 0.263 e. The second-order valence-corrected chi connectivity index (χ2v) is 7.54. The summed E-state index contributed by atoms with van der Waals surface area (Å²) in [6.07, 6.45) is 0. The maximum absolute atomic E-state index is 13.1. The SMILES string of the molecule is COc1ccc(N2C(=O)[C@H]3N=NN(CC(=O)Nc4cccc(C)c4C)[C@@H]3C2=O)cc1OC. The number of nitrogens with one attached hydrogen (secondary N) is 1. The van der Waals surface area contributed by atoms with Crippen LogP contribution in [0.15, 0.2) is 46.7 Å². The highest BCUT2D eigenvalue weighted by Gasteiger charge is 2.55. The topological polar surface area (TPSA) is 113 Å². The monoisotopic (exact) mass is 437 g/mol. The Hall–Kier alpha value is -3.95. The lowest BCUT2D eigenvalue weighted by atomic mass is 10.1. The Bertz CT molecular complexity index is 1130. The molecule has 10 heteroatoms. The van der Waals surface area contributed by atoms with Crippen molar-refractivity contribution in [3.05, 3.63) is 47.5 Å². The molecule has 2 atom stereocenters. The molecule has 0 radical (unpaired) electrons. The Morgan fingerprint density at radius 3 is 2.53 bits per heavy atom. The average molecular weight is 437 g/mol. The number of hydrogen-bond donors (Lipinski definition) is 1. The maximum Gasteiger partial charge on any atom is 0.263 e. The minimum absolute atomic E-state index is 0.211. The molecule has 166 valence electrons. The minimum atomic E-state index is -0.996. The highest BCUT2D eigenvalue weighted by molar-refractivity contribution is 6.25. The quantitative estimate of drug-likeness (QED) is 0.694. The molecule has 2 aliphatic heterocycles. The number of benzene rings is 2. The third-order valence-electron chi connectivity index (χ3n) is 5.67. The van der Waals surface area contributed by atoms with Gasteiger partial charge < -0.3 is 14.8 Å². The van der Waals surface area contributed by atoms with Crippen molar-refractivity contribution in [1.29, 1.82) is 0 Å². The van der Waals surface area contributed by atoms with Gasteiger partial charge in [-0.15, -0.1) is 0 Å². The van der Waals surface area contributed by atoms with Crippen LogP contribution in [0, 0.1) is 13.8 Å². The Balaban J connectivity index is 1.52. The van der Waals surface area contributed by atoms with Crippen LogP contribution in [-0.4, -0.2) is 55.6 Å². The molecular formula is C22H23N5O5. The number of amides is 3. The van der Waals surface area contributed by atoms with Gasteiger partial charge in [0.2, 0.25) is 5.91 Å². The molecule has 2 aromatic carbocycles. The zero-order chi connectivity index (χ0) is 23.0. The van der Waals surface area contributed by atoms with Crippen molar-refractivity contribution >= 4 is 29.1 Å². The number of methoxy groups -OCH3 is 2. The highest BCUT2D eigenvalue weighted by Crippen LogP contribution is 2.36. The molecule has 1 fully saturated rings. The Labute approximate surface area is 184 Å². The molecule has 0 saturated carbocycles. The number of carbonyl (C=O) groups excluding carboxylic acids is 3. The van der Waals surface area contributed by atoms with E-state index in [1.807, 2.05) is 26.0 Å². The lowest BCUT2D eigenvalue weighted by molar-refractivity contribution is -0.123. The van der Waals surface area contributed by atoms with E-state index in [9.17, 15) is 14.4 Å². The Morgan fingerprint density at radius 2 is 1.81 bits per heavy atom. The standard InChI is InChI=1S/C22H23N5O5/c1-12-6-5-7-15(13(12)2)23-18(28)11-26-20-19(24-25-26)21(29)27(22(20)30)14-8-9-16(31-3)17(10-14)32-4/h5-10,19-20H,11H2,1-4H3,(H,23,28)/t19-,20-/m0/s1. The number of rotatable bonds is 6. The van der Waals surface area contributed by atoms with Crippen LogP contribution in [0.25, 0.3) is 0 Å². The molecule has 0 aliphatic carbocycles. The van der Waals surface area contributed by atoms with Gasteiger partial charge in [0.05, 0.1) is 19.9 Å². The molecule has 0 bridgehead atoms. The summed E-state index contributed by atoms with van der Waals surface area (Å²) < 4.78 is 10.5. The van der Waals surface area contributed by atoms with E-state index < -0.39 is 23.9 Å². The summed E-state index contributed by atoms with van der Waals surface area (Å²) in [6, 6.07) is 8.39. The van der Waals surface area contributed by atoms with Gasteiger partial charge in [-0.25, -0.2) is 4.90 Å². The lowest BCUT2D eigenvalue weighted by Crippen LogP contribution is -2.43. The summed E-state index contributed by atoms with van der Waals surface area (Å²) in [6.45, 7) is 3.66. The highest BCUT2D eigenvalue weighted by atomic mass is 16.5. The third kappa shape index (κ3) is 3.53. The summed E-state index contributed by atoms with van der Waals surface area (Å²) in [5.74, 6) is -0.512. The van der Waals surface area contributed by atoms with Gasteiger partial charge in [-0.05, 0) is 43.2 Å². The number of hydrogen-bond acceptors (Lipinski definition) is 8. The predicted molar refractivity (Wildman–Crippen MR) is 116 cm³/mol. The number of ether oxygens (including phenoxy) is 2. The number of anilines is 2. The number of fused-ring (bicyclic) bond motifs is 1. The third-order valence-corrected chi connectivity index (χ3v) is 5.67. The van der Waals surface area contributed by atoms with Gasteiger partial charge in [-0.2, -0.15) is 5.11 Å². The van der Waals surface area contributed by atoms with Crippen molar-refractivity contribution in [3.63, 3.8) is 0 Å². The second-order valence-electron chi connectivity index (χ2n) is 7.54. The molecule has 32 heavy (non-hydrogen) atoms. The summed E-state index contributed by atoms with van der Waals surface area (Å²) in [7, 11) is 2.96. The van der Waals surface area contributed by atoms with Crippen LogP contribution in [0.2, 0.25) is 0 Å². The summed E-state index contributed by atoms with van der Waals surface area (Å²) >= 11 is 0. The first kappa shape index (κ1) is 21.3. The van der Waals surface area contributed by atoms with Crippen molar-refractivity contribution in [2.24, 2.45) is 10.3 Å². The molecular weight excluding hydrogens is 414 g/mol. The molecule has 10 nitrogen and oxygen atoms in total. The van der Waals surface area contributed by atoms with Crippen LogP contribution in [-0.2, 0) is 14.4 Å². The molecule has 2 aromatic rings. The van der Waals surface area contributed by atoms with Crippen LogP contribution >= 0.6 is 0 Å². The van der Waals surface area contributed by atoms with Crippen molar-refractivity contribution in [2.45, 2.75) is 25.9 Å². The summed E-state index contributed by atoms with van der Waals surface area (Å²) in [5, 5.41) is 12.0. The van der Waals surface area contributed by atoms with E-state index in [0.29, 0.717) is 22.9 Å². The fourth-order valence-electron chi connectivity index (χ4n) is 3.80. The maximum atomic E-state index is 13.1. The molecule has 0 unspecified atom stereocenters. The van der Waals surface area contributed by atoms with Gasteiger partial charge in [-0.1, -0.05) is 17.4 Å². The first-order valence-electron chi connectivity index (χ1n) is 9.99.